The van der Waals surface area contributed by atoms with E-state index in [9.17, 15) is 42.3 Å². The minimum absolute atomic E-state index is 0.0253. The van der Waals surface area contributed by atoms with E-state index in [1.165, 1.54) is 36.8 Å². The van der Waals surface area contributed by atoms with E-state index in [-0.39, 0.29) is 68.5 Å². The lowest BCUT2D eigenvalue weighted by molar-refractivity contribution is -0.118. The second-order valence-corrected chi connectivity index (χ2v) is 17.9. The second-order valence-electron chi connectivity index (χ2n) is 17.9. The Morgan fingerprint density at radius 1 is 0.598 bits per heavy atom. The Bertz CT molecular complexity index is 3890. The summed E-state index contributed by atoms with van der Waals surface area (Å²) in [7, 11) is 0. The number of aryl methyl sites for hydroxylation is 4. The fourth-order valence-electron chi connectivity index (χ4n) is 9.32. The summed E-state index contributed by atoms with van der Waals surface area (Å²) in [4.78, 5) is 113. The van der Waals surface area contributed by atoms with E-state index < -0.39 is 152 Å². The first kappa shape index (κ1) is 54.8. The predicted molar refractivity (Wildman–Crippen MR) is 252 cm³/mol. The van der Waals surface area contributed by atoms with E-state index in [0.717, 1.165) is 12.7 Å². The Balaban J connectivity index is 1.02. The molecule has 0 bridgehead atoms. The van der Waals surface area contributed by atoms with Gasteiger partial charge in [0.2, 0.25) is 0 Å². The van der Waals surface area contributed by atoms with Gasteiger partial charge in [-0.2, -0.15) is 28.7 Å². The molecule has 35 heteroatoms. The Morgan fingerprint density at radius 2 is 0.976 bits per heavy atom. The summed E-state index contributed by atoms with van der Waals surface area (Å²) in [6.45, 7) is 1.85. The molecule has 8 atom stereocenters. The van der Waals surface area contributed by atoms with Gasteiger partial charge in [0.1, 0.15) is 25.7 Å². The maximum Gasteiger partial charge on any atom is 0.519 e. The van der Waals surface area contributed by atoms with Crippen molar-refractivity contribution in [1.82, 2.24) is 39.0 Å². The van der Waals surface area contributed by atoms with Crippen molar-refractivity contribution in [2.45, 2.75) is 89.6 Å². The topological polar surface area (TPSA) is 438 Å². The molecule has 0 saturated carbocycles. The normalized spacial score (nSPS) is 21.2. The van der Waals surface area contributed by atoms with Gasteiger partial charge in [-0.05, 0) is 27.7 Å². The first-order valence-electron chi connectivity index (χ1n) is 23.6. The van der Waals surface area contributed by atoms with Crippen molar-refractivity contribution in [3.63, 3.8) is 0 Å². The SMILES string of the molecule is C#C[C@]1(COC(=O)OCc2oc(=O)oc2C)O[C@@H](n2cnc3c(N)nc(F)nc32)C[C@H]1C(OC(=O)OC(c1oc(=O)oc1C)[C@@H]1C[C@H](n2cnc3c(N)nc(F)nc32)O[C@]1(C#C)COC(=O)OCc1oc(=O)oc1C)c1oc(=O)oc1C. The average molecular weight is 1150 g/mol. The highest BCUT2D eigenvalue weighted by molar-refractivity contribution is 5.82. The number of fused-ring (bicyclic) bond motifs is 2. The largest absolute Gasteiger partial charge is 0.519 e. The zero-order valence-corrected chi connectivity index (χ0v) is 42.4. The lowest BCUT2D eigenvalue weighted by Crippen LogP contribution is -2.44. The lowest BCUT2D eigenvalue weighted by atomic mass is 9.82. The summed E-state index contributed by atoms with van der Waals surface area (Å²) >= 11 is 0. The van der Waals surface area contributed by atoms with Crippen LogP contribution >= 0.6 is 0 Å². The molecule has 8 aromatic heterocycles. The number of carbonyl (C=O) groups excluding carboxylic acids is 3. The molecule has 2 unspecified atom stereocenters. The molecule has 0 radical (unpaired) electrons. The Labute approximate surface area is 451 Å². The molecule has 0 aromatic carbocycles. The van der Waals surface area contributed by atoms with Crippen LogP contribution in [0, 0.1) is 76.4 Å². The van der Waals surface area contributed by atoms with Crippen molar-refractivity contribution >= 4 is 52.4 Å². The molecule has 2 aliphatic heterocycles. The predicted octanol–water partition coefficient (Wildman–Crippen LogP) is 3.68. The van der Waals surface area contributed by atoms with Gasteiger partial charge in [0.25, 0.3) is 0 Å². The highest BCUT2D eigenvalue weighted by Gasteiger charge is 2.59. The fourth-order valence-corrected chi connectivity index (χ4v) is 9.32. The summed E-state index contributed by atoms with van der Waals surface area (Å²) in [5, 5.41) is 0. The molecule has 0 spiro atoms. The number of anilines is 2. The molecular weight excluding hydrogens is 1110 g/mol. The lowest BCUT2D eigenvalue weighted by Gasteiger charge is -2.34. The maximum absolute atomic E-state index is 14.9. The number of nitrogen functional groups attached to an aromatic ring is 2. The van der Waals surface area contributed by atoms with Crippen LogP contribution in [-0.4, -0.2) is 81.9 Å². The summed E-state index contributed by atoms with van der Waals surface area (Å²) in [5.41, 5.74) is 6.57. The molecule has 8 aromatic rings. The maximum atomic E-state index is 14.9. The molecule has 10 heterocycles. The highest BCUT2D eigenvalue weighted by atomic mass is 19.1. The van der Waals surface area contributed by atoms with Crippen molar-refractivity contribution < 1.29 is 96.4 Å². The van der Waals surface area contributed by atoms with E-state index >= 15 is 0 Å². The molecule has 0 amide bonds. The van der Waals surface area contributed by atoms with Crippen molar-refractivity contribution in [3.8, 4) is 24.7 Å². The summed E-state index contributed by atoms with van der Waals surface area (Å²) in [6, 6.07) is 0. The fraction of sp³-hybridized carbons (Fsp3) is 0.383. The quantitative estimate of drug-likeness (QED) is 0.0603. The van der Waals surface area contributed by atoms with Crippen LogP contribution in [0.3, 0.4) is 0 Å². The Kier molecular flexibility index (Phi) is 14.2. The summed E-state index contributed by atoms with van der Waals surface area (Å²) in [5.74, 6) is -6.11. The number of halogens is 2. The third kappa shape index (κ3) is 10.3. The molecule has 82 heavy (non-hydrogen) atoms. The van der Waals surface area contributed by atoms with Crippen LogP contribution < -0.4 is 34.8 Å². The Hall–Kier alpha value is -10.6. The summed E-state index contributed by atoms with van der Waals surface area (Å²) < 4.78 is 119. The van der Waals surface area contributed by atoms with Gasteiger partial charge in [-0.1, -0.05) is 11.8 Å². The van der Waals surface area contributed by atoms with Gasteiger partial charge in [0.15, 0.2) is 117 Å². The number of ether oxygens (including phenoxy) is 8. The highest BCUT2D eigenvalue weighted by Crippen LogP contribution is 2.53. The summed E-state index contributed by atoms with van der Waals surface area (Å²) in [6.07, 6.45) is -0.244. The number of carbonyl (C=O) groups is 3. The monoisotopic (exact) mass is 1150 g/mol. The van der Waals surface area contributed by atoms with E-state index in [1.54, 1.807) is 0 Å². The molecule has 10 rings (SSSR count). The second kappa shape index (κ2) is 21.3. The standard InChI is InChI=1S/C47H38F2N10O23/c1-7-46(13-69-39(60)67-11-23-17(3)71-41(62)75-23)21(9-25(81-46)58-15-52-27-33(50)54-37(48)56-35(27)58)31(29-19(5)73-43(64)77-29)79-45(66)80-32(30-20(6)74-44(65)78-30)22-10-26(59-16-53-28-34(51)55-38(49)57-36(28)59)82-47(22,8-2)14-70-40(61)68-12-24-18(4)72-42(63)76-24/h1-2,15-16,21-22,25-26,31-32H,9-14H2,3-6H3,(H2,50,54,56)(H2,51,55,57)/t21-,22-,25+,26+,31?,32?,46+,47+/m0/s1. The van der Waals surface area contributed by atoms with Crippen LogP contribution in [0.25, 0.3) is 22.3 Å². The van der Waals surface area contributed by atoms with Gasteiger partial charge < -0.3 is 84.7 Å². The number of imidazole rings is 2. The zero-order chi connectivity index (χ0) is 58.5. The molecule has 2 aliphatic rings. The van der Waals surface area contributed by atoms with Crippen molar-refractivity contribution in [2.75, 3.05) is 24.7 Å². The molecule has 0 aliphatic carbocycles. The molecule has 2 saturated heterocycles. The number of nitrogens with zero attached hydrogens (tertiary/aromatic N) is 8. The van der Waals surface area contributed by atoms with Crippen LogP contribution in [0.15, 0.2) is 67.2 Å². The number of terminal acetylenes is 2. The number of hydrogen-bond acceptors (Lipinski definition) is 31. The van der Waals surface area contributed by atoms with Gasteiger partial charge >= 0.3 is 53.9 Å². The number of aromatic nitrogens is 8. The first-order valence-corrected chi connectivity index (χ1v) is 23.6. The third-order valence-corrected chi connectivity index (χ3v) is 13.1. The molecule has 428 valence electrons. The smallest absolute Gasteiger partial charge is 0.430 e. The van der Waals surface area contributed by atoms with Crippen molar-refractivity contribution in [2.24, 2.45) is 11.8 Å². The third-order valence-electron chi connectivity index (χ3n) is 13.1. The number of nitrogens with two attached hydrogens (primary N) is 2. The van der Waals surface area contributed by atoms with Gasteiger partial charge in [-0.3, -0.25) is 9.13 Å². The minimum Gasteiger partial charge on any atom is -0.430 e. The van der Waals surface area contributed by atoms with Gasteiger partial charge in [0.05, 0.1) is 24.5 Å². The van der Waals surface area contributed by atoms with Crippen LogP contribution in [0.2, 0.25) is 0 Å². The van der Waals surface area contributed by atoms with Gasteiger partial charge in [-0.25, -0.2) is 43.5 Å². The van der Waals surface area contributed by atoms with Crippen LogP contribution in [0.4, 0.5) is 34.8 Å². The molecule has 33 nitrogen and oxygen atoms in total. The van der Waals surface area contributed by atoms with Crippen molar-refractivity contribution in [3.05, 3.63) is 113 Å². The number of hydrogen-bond donors (Lipinski definition) is 2. The number of rotatable bonds is 16. The zero-order valence-electron chi connectivity index (χ0n) is 42.4. The Morgan fingerprint density at radius 3 is 1.32 bits per heavy atom. The van der Waals surface area contributed by atoms with Crippen LogP contribution in [0.1, 0.15) is 83.6 Å². The van der Waals surface area contributed by atoms with Crippen LogP contribution in [-0.2, 0) is 51.1 Å². The van der Waals surface area contributed by atoms with E-state index in [0.29, 0.717) is 0 Å². The van der Waals surface area contributed by atoms with E-state index in [1.807, 2.05) is 0 Å². The minimum atomic E-state index is -2.32. The molecular formula is C47H38F2N10O23. The van der Waals surface area contributed by atoms with Crippen LogP contribution in [0.5, 0.6) is 0 Å². The average Bonchev–Trinajstić information content (AvgIpc) is 2.82. The molecule has 4 N–H and O–H groups in total. The molecule has 2 fully saturated rings. The van der Waals surface area contributed by atoms with Gasteiger partial charge in [0, 0.05) is 12.8 Å². The first-order chi connectivity index (χ1) is 39.1. The van der Waals surface area contributed by atoms with Crippen molar-refractivity contribution in [1.29, 1.82) is 0 Å². The van der Waals surface area contributed by atoms with Gasteiger partial charge in [-0.15, -0.1) is 12.8 Å². The van der Waals surface area contributed by atoms with E-state index in [4.69, 9.17) is 97.5 Å². The van der Waals surface area contributed by atoms with E-state index in [2.05, 4.69) is 41.7 Å².